The average molecular weight is 364 g/mol. The number of piperidine rings is 1. The Morgan fingerprint density at radius 1 is 1.04 bits per heavy atom. The number of H-pyrrole nitrogens is 1. The van der Waals surface area contributed by atoms with Crippen molar-refractivity contribution in [3.8, 4) is 11.1 Å². The fourth-order valence-corrected chi connectivity index (χ4v) is 3.77. The van der Waals surface area contributed by atoms with Gasteiger partial charge in [0.25, 0.3) is 0 Å². The van der Waals surface area contributed by atoms with Crippen molar-refractivity contribution in [1.82, 2.24) is 19.7 Å². The number of aliphatic hydroxyl groups excluding tert-OH is 1. The fraction of sp³-hybridized carbons (Fsp3) is 0.333. The molecule has 140 valence electrons. The number of likely N-dealkylation sites (tertiary alicyclic amines) is 1. The van der Waals surface area contributed by atoms with Crippen molar-refractivity contribution in [3.05, 3.63) is 77.0 Å². The van der Waals surface area contributed by atoms with Gasteiger partial charge < -0.3 is 10.0 Å². The molecule has 0 radical (unpaired) electrons. The summed E-state index contributed by atoms with van der Waals surface area (Å²) < 4.78 is 1.68. The first-order valence-corrected chi connectivity index (χ1v) is 9.38. The number of aromatic nitrogens is 3. The van der Waals surface area contributed by atoms with Crippen LogP contribution in [0.3, 0.4) is 0 Å². The molecule has 0 amide bonds. The van der Waals surface area contributed by atoms with E-state index >= 15 is 0 Å². The highest BCUT2D eigenvalue weighted by molar-refractivity contribution is 5.63. The molecule has 0 saturated carbocycles. The van der Waals surface area contributed by atoms with Crippen molar-refractivity contribution >= 4 is 0 Å². The highest BCUT2D eigenvalue weighted by atomic mass is 16.3. The van der Waals surface area contributed by atoms with Gasteiger partial charge in [-0.2, -0.15) is 5.10 Å². The number of β-amino-alcohol motifs (C(OH)–C–C–N with tert-alkyl or cyclic N) is 1. The molecule has 2 aromatic carbocycles. The first kappa shape index (κ1) is 17.7. The molecular weight excluding hydrogens is 340 g/mol. The number of benzene rings is 2. The van der Waals surface area contributed by atoms with E-state index in [1.807, 2.05) is 30.3 Å². The first-order valence-electron chi connectivity index (χ1n) is 9.38. The summed E-state index contributed by atoms with van der Waals surface area (Å²) in [5.74, 6) is 0. The number of aromatic amines is 1. The molecule has 2 N–H and O–H groups in total. The quantitative estimate of drug-likeness (QED) is 0.730. The van der Waals surface area contributed by atoms with Crippen molar-refractivity contribution < 1.29 is 5.11 Å². The minimum absolute atomic E-state index is 0.146. The van der Waals surface area contributed by atoms with Crippen molar-refractivity contribution in [2.75, 3.05) is 19.6 Å². The maximum absolute atomic E-state index is 11.7. The van der Waals surface area contributed by atoms with Gasteiger partial charge in [-0.1, -0.05) is 54.6 Å². The maximum atomic E-state index is 11.7. The van der Waals surface area contributed by atoms with Crippen LogP contribution < -0.4 is 5.69 Å². The molecule has 6 heteroatoms. The van der Waals surface area contributed by atoms with Crippen molar-refractivity contribution in [3.63, 3.8) is 0 Å². The topological polar surface area (TPSA) is 74.2 Å². The van der Waals surface area contributed by atoms with E-state index in [1.54, 1.807) is 10.9 Å². The minimum atomic E-state index is -0.511. The van der Waals surface area contributed by atoms with E-state index in [9.17, 15) is 9.90 Å². The summed E-state index contributed by atoms with van der Waals surface area (Å²) in [6.07, 6.45) is 2.84. The smallest absolute Gasteiger partial charge is 0.343 e. The molecule has 3 aromatic rings. The lowest BCUT2D eigenvalue weighted by atomic mass is 10.0. The molecule has 6 nitrogen and oxygen atoms in total. The Hall–Kier alpha value is -2.70. The molecule has 1 aromatic heterocycles. The lowest BCUT2D eigenvalue weighted by Crippen LogP contribution is -2.38. The van der Waals surface area contributed by atoms with Crippen LogP contribution >= 0.6 is 0 Å². The Labute approximate surface area is 158 Å². The molecule has 27 heavy (non-hydrogen) atoms. The fourth-order valence-electron chi connectivity index (χ4n) is 3.77. The number of aliphatic hydroxyl groups is 1. The van der Waals surface area contributed by atoms with Crippen LogP contribution in [-0.4, -0.2) is 44.4 Å². The molecule has 1 aliphatic rings. The third kappa shape index (κ3) is 4.02. The van der Waals surface area contributed by atoms with E-state index < -0.39 is 6.10 Å². The second kappa shape index (κ2) is 7.90. The summed E-state index contributed by atoms with van der Waals surface area (Å²) in [6, 6.07) is 18.6. The Morgan fingerprint density at radius 3 is 2.33 bits per heavy atom. The Balaban J connectivity index is 1.34. The second-order valence-electron chi connectivity index (χ2n) is 7.10. The van der Waals surface area contributed by atoms with E-state index in [-0.39, 0.29) is 11.7 Å². The van der Waals surface area contributed by atoms with E-state index in [1.165, 1.54) is 5.56 Å². The number of hydrogen-bond acceptors (Lipinski definition) is 4. The molecule has 1 unspecified atom stereocenters. The van der Waals surface area contributed by atoms with Crippen LogP contribution in [0.4, 0.5) is 0 Å². The number of rotatable bonds is 5. The molecule has 0 aliphatic carbocycles. The summed E-state index contributed by atoms with van der Waals surface area (Å²) >= 11 is 0. The summed E-state index contributed by atoms with van der Waals surface area (Å²) in [6.45, 7) is 2.33. The SMILES string of the molecule is O=c1[nH]ncn1C1CCN(CC(O)c2ccc(-c3ccccc3)cc2)CC1. The van der Waals surface area contributed by atoms with Crippen molar-refractivity contribution in [2.45, 2.75) is 25.0 Å². The van der Waals surface area contributed by atoms with Gasteiger partial charge in [0.05, 0.1) is 6.10 Å². The Bertz CT molecular complexity index is 909. The van der Waals surface area contributed by atoms with Gasteiger partial charge in [-0.15, -0.1) is 0 Å². The normalized spacial score (nSPS) is 17.1. The lowest BCUT2D eigenvalue weighted by Gasteiger charge is -2.33. The number of nitrogens with one attached hydrogen (secondary N) is 1. The van der Waals surface area contributed by atoms with Crippen LogP contribution in [0, 0.1) is 0 Å². The first-order chi connectivity index (χ1) is 13.2. The molecule has 1 aliphatic heterocycles. The Morgan fingerprint density at radius 2 is 1.70 bits per heavy atom. The second-order valence-corrected chi connectivity index (χ2v) is 7.10. The van der Waals surface area contributed by atoms with Crippen LogP contribution in [0.5, 0.6) is 0 Å². The van der Waals surface area contributed by atoms with Crippen LogP contribution in [0.1, 0.15) is 30.6 Å². The van der Waals surface area contributed by atoms with Gasteiger partial charge in [-0.05, 0) is 29.5 Å². The molecule has 0 bridgehead atoms. The van der Waals surface area contributed by atoms with Gasteiger partial charge in [0.1, 0.15) is 6.33 Å². The van der Waals surface area contributed by atoms with Crippen LogP contribution in [0.2, 0.25) is 0 Å². The highest BCUT2D eigenvalue weighted by Gasteiger charge is 2.23. The summed E-state index contributed by atoms with van der Waals surface area (Å²) in [5, 5.41) is 16.9. The van der Waals surface area contributed by atoms with Crippen LogP contribution in [0.25, 0.3) is 11.1 Å². The lowest BCUT2D eigenvalue weighted by molar-refractivity contribution is 0.0901. The number of nitrogens with zero attached hydrogens (tertiary/aromatic N) is 3. The zero-order chi connectivity index (χ0) is 18.6. The van der Waals surface area contributed by atoms with E-state index in [0.717, 1.165) is 37.1 Å². The van der Waals surface area contributed by atoms with Crippen molar-refractivity contribution in [1.29, 1.82) is 0 Å². The van der Waals surface area contributed by atoms with E-state index in [0.29, 0.717) is 6.54 Å². The molecule has 0 spiro atoms. The minimum Gasteiger partial charge on any atom is -0.387 e. The van der Waals surface area contributed by atoms with Gasteiger partial charge in [-0.3, -0.25) is 4.57 Å². The number of hydrogen-bond donors (Lipinski definition) is 2. The summed E-state index contributed by atoms with van der Waals surface area (Å²) in [4.78, 5) is 13.9. The van der Waals surface area contributed by atoms with E-state index in [4.69, 9.17) is 0 Å². The standard InChI is InChI=1S/C21H24N4O2/c26-20(18-8-6-17(7-9-18)16-4-2-1-3-5-16)14-24-12-10-19(11-13-24)25-15-22-23-21(25)27/h1-9,15,19-20,26H,10-14H2,(H,23,27). The predicted molar refractivity (Wildman–Crippen MR) is 104 cm³/mol. The molecule has 2 heterocycles. The molecule has 4 rings (SSSR count). The van der Waals surface area contributed by atoms with Gasteiger partial charge in [0.15, 0.2) is 0 Å². The van der Waals surface area contributed by atoms with Crippen LogP contribution in [-0.2, 0) is 0 Å². The molecule has 1 atom stereocenters. The highest BCUT2D eigenvalue weighted by Crippen LogP contribution is 2.25. The molecular formula is C21H24N4O2. The molecule has 1 fully saturated rings. The zero-order valence-corrected chi connectivity index (χ0v) is 15.2. The monoisotopic (exact) mass is 364 g/mol. The van der Waals surface area contributed by atoms with Crippen molar-refractivity contribution in [2.24, 2.45) is 0 Å². The van der Waals surface area contributed by atoms with Gasteiger partial charge in [-0.25, -0.2) is 9.89 Å². The van der Waals surface area contributed by atoms with Gasteiger partial charge >= 0.3 is 5.69 Å². The molecule has 1 saturated heterocycles. The Kier molecular flexibility index (Phi) is 5.18. The largest absolute Gasteiger partial charge is 0.387 e. The third-order valence-electron chi connectivity index (χ3n) is 5.36. The summed E-state index contributed by atoms with van der Waals surface area (Å²) in [5.41, 5.74) is 3.11. The van der Waals surface area contributed by atoms with Gasteiger partial charge in [0.2, 0.25) is 0 Å². The zero-order valence-electron chi connectivity index (χ0n) is 15.2. The predicted octanol–water partition coefficient (Wildman–Crippen LogP) is 2.61. The average Bonchev–Trinajstić information content (AvgIpc) is 3.15. The maximum Gasteiger partial charge on any atom is 0.343 e. The van der Waals surface area contributed by atoms with Gasteiger partial charge in [0, 0.05) is 25.7 Å². The summed E-state index contributed by atoms with van der Waals surface area (Å²) in [7, 11) is 0. The van der Waals surface area contributed by atoms with E-state index in [2.05, 4.69) is 39.4 Å². The third-order valence-corrected chi connectivity index (χ3v) is 5.36. The van der Waals surface area contributed by atoms with Crippen LogP contribution in [0.15, 0.2) is 65.7 Å².